The summed E-state index contributed by atoms with van der Waals surface area (Å²) >= 11 is 1.58. The number of hydrogen-bond acceptors (Lipinski definition) is 3. The number of carboxylic acid groups (broad SMARTS) is 1. The number of fused-ring (bicyclic) bond motifs is 1. The highest BCUT2D eigenvalue weighted by Crippen LogP contribution is 2.47. The number of aliphatic carboxylic acids is 1. The maximum absolute atomic E-state index is 10.7. The van der Waals surface area contributed by atoms with E-state index >= 15 is 0 Å². The van der Waals surface area contributed by atoms with Crippen LogP contribution in [0, 0.1) is 5.41 Å². The molecule has 0 saturated carbocycles. The third-order valence-corrected chi connectivity index (χ3v) is 4.69. The molecule has 0 radical (unpaired) electrons. The number of nitrogens with zero attached hydrogens (tertiary/aromatic N) is 1. The van der Waals surface area contributed by atoms with Crippen molar-refractivity contribution >= 4 is 17.3 Å². The Balaban J connectivity index is 2.40. The molecule has 1 heterocycles. The van der Waals surface area contributed by atoms with Gasteiger partial charge >= 0.3 is 5.97 Å². The molecule has 0 fully saturated rings. The third kappa shape index (κ3) is 2.51. The molecule has 3 nitrogen and oxygen atoms in total. The maximum Gasteiger partial charge on any atom is 0.310 e. The molecular formula is C13H19NO2S. The van der Waals surface area contributed by atoms with Gasteiger partial charge in [0.25, 0.3) is 0 Å². The molecule has 1 aliphatic rings. The fourth-order valence-electron chi connectivity index (χ4n) is 3.05. The summed E-state index contributed by atoms with van der Waals surface area (Å²) < 4.78 is 0. The third-order valence-electron chi connectivity index (χ3n) is 3.23. The summed E-state index contributed by atoms with van der Waals surface area (Å²) in [4.78, 5) is 16.5. The summed E-state index contributed by atoms with van der Waals surface area (Å²) in [5, 5.41) is 9.57. The molecule has 17 heavy (non-hydrogen) atoms. The van der Waals surface area contributed by atoms with Crippen molar-refractivity contribution in [1.29, 1.82) is 0 Å². The van der Waals surface area contributed by atoms with E-state index in [0.717, 1.165) is 23.5 Å². The van der Waals surface area contributed by atoms with Crippen LogP contribution >= 0.6 is 11.3 Å². The Hall–Kier alpha value is -0.900. The van der Waals surface area contributed by atoms with Crippen LogP contribution in [0.1, 0.15) is 49.7 Å². The Morgan fingerprint density at radius 1 is 1.41 bits per heavy atom. The Morgan fingerprint density at radius 3 is 2.65 bits per heavy atom. The molecule has 1 N–H and O–H groups in total. The van der Waals surface area contributed by atoms with Crippen LogP contribution in [0.25, 0.3) is 0 Å². The number of carbonyl (C=O) groups is 1. The first kappa shape index (κ1) is 12.6. The summed E-state index contributed by atoms with van der Waals surface area (Å²) in [6, 6.07) is 0. The summed E-state index contributed by atoms with van der Waals surface area (Å²) in [6.45, 7) is 8.98. The first-order valence-corrected chi connectivity index (χ1v) is 6.72. The molecule has 0 unspecified atom stereocenters. The van der Waals surface area contributed by atoms with Crippen LogP contribution < -0.4 is 0 Å². The van der Waals surface area contributed by atoms with E-state index < -0.39 is 5.97 Å². The van der Waals surface area contributed by atoms with Crippen LogP contribution in [-0.2, 0) is 23.1 Å². The first-order chi connectivity index (χ1) is 7.70. The lowest BCUT2D eigenvalue weighted by atomic mass is 9.67. The van der Waals surface area contributed by atoms with Gasteiger partial charge in [-0.1, -0.05) is 27.7 Å². The van der Waals surface area contributed by atoms with Gasteiger partial charge in [0.1, 0.15) is 5.01 Å². The van der Waals surface area contributed by atoms with Crippen molar-refractivity contribution in [2.45, 2.75) is 52.4 Å². The van der Waals surface area contributed by atoms with Gasteiger partial charge in [0.15, 0.2) is 0 Å². The molecule has 0 spiro atoms. The molecule has 0 aromatic carbocycles. The normalized spacial score (nSPS) is 20.9. The number of thiazole rings is 1. The molecule has 4 heteroatoms. The minimum absolute atomic E-state index is 0.0498. The largest absolute Gasteiger partial charge is 0.481 e. The van der Waals surface area contributed by atoms with E-state index in [1.54, 1.807) is 11.3 Å². The van der Waals surface area contributed by atoms with E-state index in [2.05, 4.69) is 32.7 Å². The van der Waals surface area contributed by atoms with Gasteiger partial charge in [-0.3, -0.25) is 4.79 Å². The Morgan fingerprint density at radius 2 is 2.06 bits per heavy atom. The smallest absolute Gasteiger partial charge is 0.310 e. The minimum Gasteiger partial charge on any atom is -0.481 e. The average Bonchev–Trinajstić information content (AvgIpc) is 2.42. The van der Waals surface area contributed by atoms with Crippen molar-refractivity contribution in [3.8, 4) is 0 Å². The summed E-state index contributed by atoms with van der Waals surface area (Å²) in [7, 11) is 0. The van der Waals surface area contributed by atoms with Gasteiger partial charge in [-0.25, -0.2) is 4.98 Å². The molecule has 1 aromatic heterocycles. The second kappa shape index (κ2) is 3.80. The van der Waals surface area contributed by atoms with Gasteiger partial charge in [0.2, 0.25) is 0 Å². The van der Waals surface area contributed by atoms with Crippen LogP contribution in [-0.4, -0.2) is 16.1 Å². The van der Waals surface area contributed by atoms with Gasteiger partial charge < -0.3 is 5.11 Å². The molecule has 0 aliphatic heterocycles. The average molecular weight is 253 g/mol. The van der Waals surface area contributed by atoms with Crippen molar-refractivity contribution in [1.82, 2.24) is 4.98 Å². The standard InChI is InChI=1S/C13H19NO2S/c1-12(2)6-8-11(13(3,4)7-12)17-9(14-8)5-10(15)16/h5-7H2,1-4H3,(H,15,16). The van der Waals surface area contributed by atoms with E-state index in [-0.39, 0.29) is 17.3 Å². The van der Waals surface area contributed by atoms with Crippen LogP contribution in [0.3, 0.4) is 0 Å². The SMILES string of the molecule is CC1(C)Cc2nc(CC(=O)O)sc2C(C)(C)C1. The lowest BCUT2D eigenvalue weighted by Gasteiger charge is -2.39. The Bertz CT molecular complexity index is 460. The van der Waals surface area contributed by atoms with Gasteiger partial charge in [-0.05, 0) is 18.3 Å². The zero-order valence-electron chi connectivity index (χ0n) is 10.8. The molecule has 0 atom stereocenters. The van der Waals surface area contributed by atoms with Crippen molar-refractivity contribution in [3.63, 3.8) is 0 Å². The van der Waals surface area contributed by atoms with E-state index in [4.69, 9.17) is 5.11 Å². The van der Waals surface area contributed by atoms with Crippen molar-refractivity contribution in [2.24, 2.45) is 5.41 Å². The second-order valence-corrected chi connectivity index (χ2v) is 7.44. The zero-order valence-corrected chi connectivity index (χ0v) is 11.6. The number of aromatic nitrogens is 1. The predicted octanol–water partition coefficient (Wildman–Crippen LogP) is 3.02. The van der Waals surface area contributed by atoms with Gasteiger partial charge in [0, 0.05) is 10.3 Å². The molecule has 2 rings (SSSR count). The second-order valence-electron chi connectivity index (χ2n) is 6.36. The van der Waals surface area contributed by atoms with E-state index in [1.165, 1.54) is 4.88 Å². The summed E-state index contributed by atoms with van der Waals surface area (Å²) in [5.74, 6) is -0.798. The van der Waals surface area contributed by atoms with Crippen molar-refractivity contribution in [2.75, 3.05) is 0 Å². The van der Waals surface area contributed by atoms with Gasteiger partial charge in [-0.15, -0.1) is 11.3 Å². The molecule has 0 bridgehead atoms. The topological polar surface area (TPSA) is 50.2 Å². The zero-order chi connectivity index (χ0) is 12.8. The molecule has 94 valence electrons. The van der Waals surface area contributed by atoms with Crippen LogP contribution in [0.4, 0.5) is 0 Å². The predicted molar refractivity (Wildman–Crippen MR) is 68.6 cm³/mol. The fraction of sp³-hybridized carbons (Fsp3) is 0.692. The molecular weight excluding hydrogens is 234 g/mol. The van der Waals surface area contributed by atoms with E-state index in [1.807, 2.05) is 0 Å². The fourth-order valence-corrected chi connectivity index (χ4v) is 4.22. The number of rotatable bonds is 2. The maximum atomic E-state index is 10.7. The molecule has 0 amide bonds. The van der Waals surface area contributed by atoms with Crippen LogP contribution in [0.2, 0.25) is 0 Å². The van der Waals surface area contributed by atoms with Crippen molar-refractivity contribution in [3.05, 3.63) is 15.6 Å². The first-order valence-electron chi connectivity index (χ1n) is 5.90. The summed E-state index contributed by atoms with van der Waals surface area (Å²) in [6.07, 6.45) is 2.14. The monoisotopic (exact) mass is 253 g/mol. The lowest BCUT2D eigenvalue weighted by molar-refractivity contribution is -0.136. The molecule has 1 aliphatic carbocycles. The number of hydrogen-bond donors (Lipinski definition) is 1. The van der Waals surface area contributed by atoms with Crippen LogP contribution in [0.5, 0.6) is 0 Å². The molecule has 1 aromatic rings. The molecule has 0 saturated heterocycles. The summed E-state index contributed by atoms with van der Waals surface area (Å²) in [5.41, 5.74) is 1.49. The highest BCUT2D eigenvalue weighted by atomic mass is 32.1. The van der Waals surface area contributed by atoms with Gasteiger partial charge in [-0.2, -0.15) is 0 Å². The lowest BCUT2D eigenvalue weighted by Crippen LogP contribution is -2.33. The van der Waals surface area contributed by atoms with E-state index in [9.17, 15) is 4.79 Å². The highest BCUT2D eigenvalue weighted by molar-refractivity contribution is 7.12. The quantitative estimate of drug-likeness (QED) is 0.881. The van der Waals surface area contributed by atoms with Crippen molar-refractivity contribution < 1.29 is 9.90 Å². The number of carboxylic acids is 1. The Kier molecular flexibility index (Phi) is 2.81. The highest BCUT2D eigenvalue weighted by Gasteiger charge is 2.39. The Labute approximate surface area is 106 Å². The van der Waals surface area contributed by atoms with Gasteiger partial charge in [0.05, 0.1) is 12.1 Å². The minimum atomic E-state index is -0.798. The van der Waals surface area contributed by atoms with E-state index in [0.29, 0.717) is 0 Å². The van der Waals surface area contributed by atoms with Crippen LogP contribution in [0.15, 0.2) is 0 Å².